The fraction of sp³-hybridized carbons (Fsp3) is 0.467. The topological polar surface area (TPSA) is 117 Å². The van der Waals surface area contributed by atoms with Crippen LogP contribution in [-0.4, -0.2) is 57.0 Å². The minimum atomic E-state index is -0.725. The van der Waals surface area contributed by atoms with Gasteiger partial charge < -0.3 is 24.3 Å². The fourth-order valence-electron chi connectivity index (χ4n) is 1.22. The van der Waals surface area contributed by atoms with Gasteiger partial charge in [0.15, 0.2) is 0 Å². The van der Waals surface area contributed by atoms with Crippen LogP contribution in [0.2, 0.25) is 0 Å². The number of nitrogens with one attached hydrogen (secondary N) is 1. The van der Waals surface area contributed by atoms with Crippen molar-refractivity contribution < 1.29 is 38.1 Å². The third-order valence-electron chi connectivity index (χ3n) is 2.30. The Kier molecular flexibility index (Phi) is 12.2. The predicted molar refractivity (Wildman–Crippen MR) is 81.9 cm³/mol. The molecule has 0 saturated heterocycles. The highest BCUT2D eigenvalue weighted by molar-refractivity contribution is 5.81. The number of alkyl carbamates (subject to hydrolysis) is 1. The molecule has 1 amide bonds. The van der Waals surface area contributed by atoms with Gasteiger partial charge in [-0.05, 0) is 6.42 Å². The maximum Gasteiger partial charge on any atom is 0.407 e. The number of hydrogen-bond donors (Lipinski definition) is 1. The van der Waals surface area contributed by atoms with Crippen LogP contribution in [0.3, 0.4) is 0 Å². The number of esters is 3. The molecule has 0 saturated carbocycles. The lowest BCUT2D eigenvalue weighted by molar-refractivity contribution is -0.146. The molecular formula is C15H21NO8. The zero-order chi connectivity index (χ0) is 18.2. The Morgan fingerprint density at radius 3 is 2.00 bits per heavy atom. The van der Waals surface area contributed by atoms with Gasteiger partial charge in [-0.2, -0.15) is 0 Å². The third-order valence-corrected chi connectivity index (χ3v) is 2.30. The lowest BCUT2D eigenvalue weighted by Crippen LogP contribution is -2.29. The molecule has 0 atom stereocenters. The van der Waals surface area contributed by atoms with Crippen molar-refractivity contribution in [3.63, 3.8) is 0 Å². The monoisotopic (exact) mass is 343 g/mol. The molecule has 0 aliphatic carbocycles. The van der Waals surface area contributed by atoms with Gasteiger partial charge in [-0.15, -0.1) is 0 Å². The van der Waals surface area contributed by atoms with Crippen molar-refractivity contribution >= 4 is 24.0 Å². The van der Waals surface area contributed by atoms with Crippen LogP contribution in [-0.2, 0) is 33.3 Å². The molecule has 0 aromatic heterocycles. The molecule has 0 aromatic carbocycles. The van der Waals surface area contributed by atoms with Gasteiger partial charge in [0, 0.05) is 18.6 Å². The van der Waals surface area contributed by atoms with Crippen LogP contribution < -0.4 is 5.32 Å². The number of amides is 1. The number of carbonyl (C=O) groups is 4. The smallest absolute Gasteiger partial charge is 0.407 e. The second kappa shape index (κ2) is 13.8. The van der Waals surface area contributed by atoms with Crippen molar-refractivity contribution in [1.82, 2.24) is 5.32 Å². The molecule has 0 heterocycles. The summed E-state index contributed by atoms with van der Waals surface area (Å²) in [5.41, 5.74) is 0. The molecule has 9 nitrogen and oxygen atoms in total. The molecule has 0 bridgehead atoms. The molecule has 0 spiro atoms. The zero-order valence-corrected chi connectivity index (χ0v) is 13.3. The van der Waals surface area contributed by atoms with Gasteiger partial charge in [0.1, 0.15) is 19.8 Å². The lowest BCUT2D eigenvalue weighted by atomic mass is 10.3. The molecule has 24 heavy (non-hydrogen) atoms. The number of ether oxygens (including phenoxy) is 4. The van der Waals surface area contributed by atoms with Gasteiger partial charge >= 0.3 is 24.0 Å². The van der Waals surface area contributed by atoms with E-state index >= 15 is 0 Å². The highest BCUT2D eigenvalue weighted by Crippen LogP contribution is 1.95. The number of carbonyl (C=O) groups excluding carboxylic acids is 4. The molecule has 0 radical (unpaired) electrons. The van der Waals surface area contributed by atoms with E-state index in [4.69, 9.17) is 9.47 Å². The van der Waals surface area contributed by atoms with Crippen LogP contribution in [0.1, 0.15) is 12.8 Å². The number of hydrogen-bond acceptors (Lipinski definition) is 8. The normalized spacial score (nSPS) is 9.33. The Morgan fingerprint density at radius 1 is 0.792 bits per heavy atom. The van der Waals surface area contributed by atoms with Gasteiger partial charge in [0.25, 0.3) is 0 Å². The molecule has 9 heteroatoms. The first kappa shape index (κ1) is 21.2. The highest BCUT2D eigenvalue weighted by atomic mass is 16.6. The third kappa shape index (κ3) is 12.9. The fourth-order valence-corrected chi connectivity index (χ4v) is 1.22. The quantitative estimate of drug-likeness (QED) is 0.235. The van der Waals surface area contributed by atoms with Crippen molar-refractivity contribution in [2.45, 2.75) is 12.8 Å². The Balaban J connectivity index is 3.50. The summed E-state index contributed by atoms with van der Waals surface area (Å²) in [6.45, 7) is 6.41. The van der Waals surface area contributed by atoms with E-state index in [2.05, 4.69) is 27.9 Å². The SMILES string of the molecule is C=CC(=O)OCCCC(=O)OCCOC(=O)NCCOC(=O)C=C. The average molecular weight is 343 g/mol. The zero-order valence-electron chi connectivity index (χ0n) is 13.3. The van der Waals surface area contributed by atoms with Crippen molar-refractivity contribution in [1.29, 1.82) is 0 Å². The van der Waals surface area contributed by atoms with E-state index in [9.17, 15) is 19.2 Å². The van der Waals surface area contributed by atoms with Crippen LogP contribution in [0, 0.1) is 0 Å². The minimum absolute atomic E-state index is 0.00856. The van der Waals surface area contributed by atoms with Crippen molar-refractivity contribution in [3.05, 3.63) is 25.3 Å². The molecule has 0 rings (SSSR count). The van der Waals surface area contributed by atoms with Gasteiger partial charge in [-0.1, -0.05) is 13.2 Å². The Hall–Kier alpha value is -2.84. The Bertz CT molecular complexity index is 418. The maximum atomic E-state index is 11.3. The highest BCUT2D eigenvalue weighted by Gasteiger charge is 2.06. The lowest BCUT2D eigenvalue weighted by Gasteiger charge is -2.08. The second-order valence-electron chi connectivity index (χ2n) is 4.13. The van der Waals surface area contributed by atoms with Gasteiger partial charge in [0.05, 0.1) is 13.2 Å². The van der Waals surface area contributed by atoms with Crippen molar-refractivity contribution in [2.75, 3.05) is 33.0 Å². The summed E-state index contributed by atoms with van der Waals surface area (Å²) >= 11 is 0. The van der Waals surface area contributed by atoms with Gasteiger partial charge in [-0.25, -0.2) is 14.4 Å². The average Bonchev–Trinajstić information content (AvgIpc) is 2.58. The summed E-state index contributed by atoms with van der Waals surface area (Å²) in [5.74, 6) is -1.64. The van der Waals surface area contributed by atoms with E-state index in [1.165, 1.54) is 0 Å². The Labute approximate surface area is 139 Å². The van der Waals surface area contributed by atoms with Crippen LogP contribution in [0.4, 0.5) is 4.79 Å². The summed E-state index contributed by atoms with van der Waals surface area (Å²) in [6.07, 6.45) is 1.71. The second-order valence-corrected chi connectivity index (χ2v) is 4.13. The molecular weight excluding hydrogens is 322 g/mol. The van der Waals surface area contributed by atoms with Crippen LogP contribution in [0.25, 0.3) is 0 Å². The van der Waals surface area contributed by atoms with Gasteiger partial charge in [-0.3, -0.25) is 4.79 Å². The summed E-state index contributed by atoms with van der Waals surface area (Å²) < 4.78 is 18.9. The number of rotatable bonds is 12. The first-order valence-electron chi connectivity index (χ1n) is 7.14. The van der Waals surface area contributed by atoms with E-state index in [1.54, 1.807) is 0 Å². The van der Waals surface area contributed by atoms with E-state index in [0.29, 0.717) is 6.42 Å². The van der Waals surface area contributed by atoms with E-state index in [-0.39, 0.29) is 39.4 Å². The molecule has 0 fully saturated rings. The Morgan fingerprint density at radius 2 is 1.38 bits per heavy atom. The molecule has 0 unspecified atom stereocenters. The van der Waals surface area contributed by atoms with Crippen LogP contribution in [0.5, 0.6) is 0 Å². The summed E-state index contributed by atoms with van der Waals surface area (Å²) in [4.78, 5) is 44.0. The van der Waals surface area contributed by atoms with E-state index in [0.717, 1.165) is 12.2 Å². The first-order valence-corrected chi connectivity index (χ1v) is 7.14. The van der Waals surface area contributed by atoms with Crippen LogP contribution in [0.15, 0.2) is 25.3 Å². The van der Waals surface area contributed by atoms with Crippen molar-refractivity contribution in [3.8, 4) is 0 Å². The molecule has 0 aliphatic heterocycles. The predicted octanol–water partition coefficient (Wildman–Crippen LogP) is 0.494. The van der Waals surface area contributed by atoms with Crippen LogP contribution >= 0.6 is 0 Å². The van der Waals surface area contributed by atoms with E-state index in [1.807, 2.05) is 0 Å². The molecule has 0 aliphatic rings. The maximum absolute atomic E-state index is 11.3. The molecule has 1 N–H and O–H groups in total. The summed E-state index contributed by atoms with van der Waals surface area (Å²) in [5, 5.41) is 2.34. The summed E-state index contributed by atoms with van der Waals surface area (Å²) in [7, 11) is 0. The summed E-state index contributed by atoms with van der Waals surface area (Å²) in [6, 6.07) is 0. The minimum Gasteiger partial charge on any atom is -0.463 e. The standard InChI is InChI=1S/C15H21NO8/c1-3-12(17)21-8-5-6-14(19)23-10-11-24-15(20)16-7-9-22-13(18)4-2/h3-4H,1-2,5-11H2,(H,16,20). The molecule has 0 aromatic rings. The van der Waals surface area contributed by atoms with Crippen molar-refractivity contribution in [2.24, 2.45) is 0 Å². The van der Waals surface area contributed by atoms with E-state index < -0.39 is 24.0 Å². The molecule has 134 valence electrons. The first-order chi connectivity index (χ1) is 11.5. The largest absolute Gasteiger partial charge is 0.463 e. The van der Waals surface area contributed by atoms with Gasteiger partial charge in [0.2, 0.25) is 0 Å².